The molecule has 3 aromatic rings. The SMILES string of the molecule is CC(COc1ccc(C#N)cc1)N(C(=O)O)N1C2CCC1CN(C(=O)c1ccc3nonc3c1)C2. The summed E-state index contributed by atoms with van der Waals surface area (Å²) < 4.78 is 10.5. The van der Waals surface area contributed by atoms with Crippen molar-refractivity contribution in [1.29, 1.82) is 5.26 Å². The molecular weight excluding hydrogens is 452 g/mol. The molecule has 3 heterocycles. The maximum atomic E-state index is 13.2. The minimum absolute atomic E-state index is 0.108. The lowest BCUT2D eigenvalue weighted by Crippen LogP contribution is -2.64. The minimum Gasteiger partial charge on any atom is -0.491 e. The standard InChI is InChI=1S/C24H24N6O5/c1-15(14-34-20-7-2-16(11-25)3-8-20)29(24(32)33)30-18-5-6-19(30)13-28(12-18)23(31)17-4-9-21-22(10-17)27-35-26-21/h2-4,7-10,15,18-19H,5-6,12-14H2,1H3,(H,32,33). The van der Waals surface area contributed by atoms with Crippen LogP contribution in [0, 0.1) is 11.3 Å². The number of amides is 2. The van der Waals surface area contributed by atoms with Crippen LogP contribution in [0.15, 0.2) is 47.1 Å². The molecule has 2 amide bonds. The summed E-state index contributed by atoms with van der Waals surface area (Å²) in [5.74, 6) is 0.449. The fraction of sp³-hybridized carbons (Fsp3) is 0.375. The molecule has 11 heteroatoms. The van der Waals surface area contributed by atoms with Gasteiger partial charge in [0.2, 0.25) is 0 Å². The molecule has 11 nitrogen and oxygen atoms in total. The summed E-state index contributed by atoms with van der Waals surface area (Å²) in [5.41, 5.74) is 2.13. The Morgan fingerprint density at radius 3 is 2.51 bits per heavy atom. The zero-order chi connectivity index (χ0) is 24.5. The van der Waals surface area contributed by atoms with Crippen LogP contribution in [0.5, 0.6) is 5.75 Å². The number of likely N-dealkylation sites (tertiary alicyclic amines) is 1. The van der Waals surface area contributed by atoms with Crippen LogP contribution in [0.2, 0.25) is 0 Å². The van der Waals surface area contributed by atoms with Gasteiger partial charge in [-0.15, -0.1) is 0 Å². The molecule has 2 aliphatic rings. The van der Waals surface area contributed by atoms with E-state index in [2.05, 4.69) is 16.4 Å². The van der Waals surface area contributed by atoms with Gasteiger partial charge in [-0.2, -0.15) is 5.26 Å². The molecule has 1 aromatic heterocycles. The molecule has 3 atom stereocenters. The van der Waals surface area contributed by atoms with Crippen molar-refractivity contribution in [2.24, 2.45) is 0 Å². The third kappa shape index (κ3) is 4.36. The van der Waals surface area contributed by atoms with Gasteiger partial charge in [0.05, 0.1) is 17.7 Å². The molecule has 180 valence electrons. The van der Waals surface area contributed by atoms with E-state index in [-0.39, 0.29) is 24.6 Å². The van der Waals surface area contributed by atoms with Crippen LogP contribution >= 0.6 is 0 Å². The van der Waals surface area contributed by atoms with Gasteiger partial charge in [-0.3, -0.25) is 4.79 Å². The van der Waals surface area contributed by atoms with Crippen LogP contribution in [0.4, 0.5) is 4.79 Å². The highest BCUT2D eigenvalue weighted by Crippen LogP contribution is 2.33. The van der Waals surface area contributed by atoms with Crippen LogP contribution in [0.25, 0.3) is 11.0 Å². The highest BCUT2D eigenvalue weighted by atomic mass is 16.6. The van der Waals surface area contributed by atoms with E-state index in [4.69, 9.17) is 14.6 Å². The van der Waals surface area contributed by atoms with Crippen LogP contribution < -0.4 is 4.74 Å². The molecule has 2 saturated heterocycles. The Morgan fingerprint density at radius 2 is 1.86 bits per heavy atom. The van der Waals surface area contributed by atoms with Crippen molar-refractivity contribution < 1.29 is 24.1 Å². The molecule has 0 saturated carbocycles. The number of piperazine rings is 1. The number of fused-ring (bicyclic) bond motifs is 3. The number of hydrazine groups is 1. The second-order valence-corrected chi connectivity index (χ2v) is 8.87. The molecule has 2 fully saturated rings. The summed E-state index contributed by atoms with van der Waals surface area (Å²) in [6.45, 7) is 2.81. The van der Waals surface area contributed by atoms with E-state index in [1.54, 1.807) is 54.3 Å². The first-order chi connectivity index (χ1) is 16.9. The van der Waals surface area contributed by atoms with Gasteiger partial charge in [-0.25, -0.2) is 19.4 Å². The summed E-state index contributed by atoms with van der Waals surface area (Å²) in [4.78, 5) is 27.3. The van der Waals surface area contributed by atoms with Crippen LogP contribution in [-0.2, 0) is 0 Å². The van der Waals surface area contributed by atoms with Gasteiger partial charge < -0.3 is 14.7 Å². The fourth-order valence-electron chi connectivity index (χ4n) is 4.92. The van der Waals surface area contributed by atoms with Gasteiger partial charge >= 0.3 is 6.09 Å². The zero-order valence-corrected chi connectivity index (χ0v) is 19.1. The number of hydrogen-bond donors (Lipinski definition) is 1. The highest BCUT2D eigenvalue weighted by molar-refractivity contribution is 5.97. The number of carbonyl (C=O) groups excluding carboxylic acids is 1. The van der Waals surface area contributed by atoms with E-state index >= 15 is 0 Å². The number of carbonyl (C=O) groups is 2. The molecule has 0 aliphatic carbocycles. The molecule has 2 aliphatic heterocycles. The average Bonchev–Trinajstić information content (AvgIpc) is 3.43. The molecule has 5 rings (SSSR count). The Kier molecular flexibility index (Phi) is 5.96. The Bertz CT molecular complexity index is 1270. The number of benzene rings is 2. The van der Waals surface area contributed by atoms with E-state index < -0.39 is 12.1 Å². The first-order valence-electron chi connectivity index (χ1n) is 11.4. The summed E-state index contributed by atoms with van der Waals surface area (Å²) in [5, 5.41) is 29.8. The maximum absolute atomic E-state index is 13.2. The molecular formula is C24H24N6O5. The first-order valence-corrected chi connectivity index (χ1v) is 11.4. The number of aromatic nitrogens is 2. The third-order valence-electron chi connectivity index (χ3n) is 6.57. The number of nitriles is 1. The molecule has 35 heavy (non-hydrogen) atoms. The summed E-state index contributed by atoms with van der Waals surface area (Å²) in [7, 11) is 0. The number of nitrogens with zero attached hydrogens (tertiary/aromatic N) is 6. The van der Waals surface area contributed by atoms with E-state index in [0.717, 1.165) is 12.8 Å². The summed E-state index contributed by atoms with van der Waals surface area (Å²) >= 11 is 0. The van der Waals surface area contributed by atoms with Crippen molar-refractivity contribution in [3.8, 4) is 11.8 Å². The summed E-state index contributed by atoms with van der Waals surface area (Å²) in [6.07, 6.45) is 0.544. The van der Waals surface area contributed by atoms with Gasteiger partial charge in [0.1, 0.15) is 23.4 Å². The fourth-order valence-corrected chi connectivity index (χ4v) is 4.92. The zero-order valence-electron chi connectivity index (χ0n) is 19.1. The van der Waals surface area contributed by atoms with Crippen molar-refractivity contribution >= 4 is 23.0 Å². The monoisotopic (exact) mass is 476 g/mol. The van der Waals surface area contributed by atoms with Crippen molar-refractivity contribution in [2.45, 2.75) is 37.9 Å². The third-order valence-corrected chi connectivity index (χ3v) is 6.57. The summed E-state index contributed by atoms with van der Waals surface area (Å²) in [6, 6.07) is 13.1. The molecule has 2 bridgehead atoms. The highest BCUT2D eigenvalue weighted by Gasteiger charge is 2.47. The van der Waals surface area contributed by atoms with Crippen LogP contribution in [-0.4, -0.2) is 80.2 Å². The topological polar surface area (TPSA) is 136 Å². The Labute approximate surface area is 201 Å². The number of rotatable bonds is 6. The smallest absolute Gasteiger partial charge is 0.422 e. The predicted octanol–water partition coefficient (Wildman–Crippen LogP) is 2.75. The predicted molar refractivity (Wildman–Crippen MR) is 122 cm³/mol. The minimum atomic E-state index is -1.05. The van der Waals surface area contributed by atoms with Gasteiger partial charge in [-0.1, -0.05) is 0 Å². The molecule has 2 aromatic carbocycles. The van der Waals surface area contributed by atoms with Gasteiger partial charge in [0.25, 0.3) is 5.91 Å². The van der Waals surface area contributed by atoms with Gasteiger partial charge in [-0.05, 0) is 72.5 Å². The Balaban J connectivity index is 1.27. The van der Waals surface area contributed by atoms with Gasteiger partial charge in [0.15, 0.2) is 0 Å². The quantitative estimate of drug-likeness (QED) is 0.569. The Morgan fingerprint density at radius 1 is 1.17 bits per heavy atom. The number of hydrogen-bond acceptors (Lipinski definition) is 8. The lowest BCUT2D eigenvalue weighted by atomic mass is 10.1. The van der Waals surface area contributed by atoms with Crippen LogP contribution in [0.3, 0.4) is 0 Å². The van der Waals surface area contributed by atoms with Crippen LogP contribution in [0.1, 0.15) is 35.7 Å². The lowest BCUT2D eigenvalue weighted by Gasteiger charge is -2.47. The average molecular weight is 476 g/mol. The van der Waals surface area contributed by atoms with Crippen molar-refractivity contribution in [1.82, 2.24) is 25.2 Å². The molecule has 3 unspecified atom stereocenters. The van der Waals surface area contributed by atoms with E-state index in [1.807, 2.05) is 5.01 Å². The van der Waals surface area contributed by atoms with E-state index in [9.17, 15) is 14.7 Å². The second kappa shape index (κ2) is 9.23. The van der Waals surface area contributed by atoms with E-state index in [1.165, 1.54) is 5.01 Å². The van der Waals surface area contributed by atoms with Crippen molar-refractivity contribution in [3.63, 3.8) is 0 Å². The molecule has 0 spiro atoms. The van der Waals surface area contributed by atoms with Gasteiger partial charge in [0, 0.05) is 30.7 Å². The normalized spacial score (nSPS) is 20.4. The van der Waals surface area contributed by atoms with E-state index in [0.29, 0.717) is 41.0 Å². The molecule has 1 N–H and O–H groups in total. The maximum Gasteiger partial charge on any atom is 0.422 e. The lowest BCUT2D eigenvalue weighted by molar-refractivity contribution is -0.103. The largest absolute Gasteiger partial charge is 0.491 e. The van der Waals surface area contributed by atoms with Crippen molar-refractivity contribution in [3.05, 3.63) is 53.6 Å². The number of carboxylic acid groups (broad SMARTS) is 1. The molecule has 0 radical (unpaired) electrons. The second-order valence-electron chi connectivity index (χ2n) is 8.87. The first kappa shape index (κ1) is 22.6. The van der Waals surface area contributed by atoms with Crippen molar-refractivity contribution in [2.75, 3.05) is 19.7 Å². The Hall–Kier alpha value is -4.17. The number of ether oxygens (including phenoxy) is 1.